The van der Waals surface area contributed by atoms with Crippen LogP contribution in [0, 0.1) is 12.8 Å². The van der Waals surface area contributed by atoms with Crippen LogP contribution in [0.15, 0.2) is 5.51 Å². The number of rotatable bonds is 4. The van der Waals surface area contributed by atoms with Crippen molar-refractivity contribution in [1.29, 1.82) is 0 Å². The summed E-state index contributed by atoms with van der Waals surface area (Å²) in [6, 6.07) is 0. The number of aromatic nitrogens is 1. The van der Waals surface area contributed by atoms with Crippen LogP contribution >= 0.6 is 11.3 Å². The number of hydrogen-bond donors (Lipinski definition) is 1. The van der Waals surface area contributed by atoms with Crippen LogP contribution in [0.4, 0.5) is 0 Å². The van der Waals surface area contributed by atoms with Crippen molar-refractivity contribution in [3.63, 3.8) is 0 Å². The van der Waals surface area contributed by atoms with Crippen LogP contribution < -0.4 is 5.32 Å². The zero-order valence-electron chi connectivity index (χ0n) is 10.2. The van der Waals surface area contributed by atoms with Crippen LogP contribution in [0.5, 0.6) is 0 Å². The maximum atomic E-state index is 4.30. The van der Waals surface area contributed by atoms with E-state index in [1.54, 1.807) is 11.3 Å². The SMILES string of the molecule is Cc1ncsc1CN(C)CC1CCCNC1. The molecule has 1 N–H and O–H groups in total. The summed E-state index contributed by atoms with van der Waals surface area (Å²) in [6.45, 7) is 6.74. The first-order valence-corrected chi connectivity index (χ1v) is 6.92. The molecule has 0 bridgehead atoms. The van der Waals surface area contributed by atoms with E-state index in [1.165, 1.54) is 43.0 Å². The van der Waals surface area contributed by atoms with Gasteiger partial charge < -0.3 is 10.2 Å². The van der Waals surface area contributed by atoms with Crippen molar-refractivity contribution in [2.24, 2.45) is 5.92 Å². The molecule has 2 heterocycles. The molecule has 0 radical (unpaired) electrons. The first-order chi connectivity index (χ1) is 7.75. The molecule has 1 unspecified atom stereocenters. The molecule has 1 atom stereocenters. The molecule has 1 aromatic rings. The smallest absolute Gasteiger partial charge is 0.0798 e. The normalized spacial score (nSPS) is 21.6. The summed E-state index contributed by atoms with van der Waals surface area (Å²) in [5, 5.41) is 3.47. The lowest BCUT2D eigenvalue weighted by Gasteiger charge is -2.27. The molecule has 1 aromatic heterocycles. The predicted molar refractivity (Wildman–Crippen MR) is 68.8 cm³/mol. The molecule has 4 heteroatoms. The van der Waals surface area contributed by atoms with E-state index in [1.807, 2.05) is 5.51 Å². The summed E-state index contributed by atoms with van der Waals surface area (Å²) in [5.41, 5.74) is 3.14. The Morgan fingerprint density at radius 1 is 1.62 bits per heavy atom. The van der Waals surface area contributed by atoms with E-state index >= 15 is 0 Å². The summed E-state index contributed by atoms with van der Waals surface area (Å²) in [4.78, 5) is 8.13. The summed E-state index contributed by atoms with van der Waals surface area (Å²) < 4.78 is 0. The van der Waals surface area contributed by atoms with E-state index in [0.29, 0.717) is 0 Å². The molecule has 0 aliphatic carbocycles. The average Bonchev–Trinajstić information content (AvgIpc) is 2.66. The highest BCUT2D eigenvalue weighted by Crippen LogP contribution is 2.16. The highest BCUT2D eigenvalue weighted by atomic mass is 32.1. The van der Waals surface area contributed by atoms with E-state index < -0.39 is 0 Å². The minimum Gasteiger partial charge on any atom is -0.316 e. The van der Waals surface area contributed by atoms with Crippen molar-refractivity contribution in [3.8, 4) is 0 Å². The second kappa shape index (κ2) is 5.75. The van der Waals surface area contributed by atoms with E-state index in [-0.39, 0.29) is 0 Å². The number of nitrogens with zero attached hydrogens (tertiary/aromatic N) is 2. The average molecular weight is 239 g/mol. The Labute approximate surface area is 102 Å². The topological polar surface area (TPSA) is 28.2 Å². The molecule has 2 rings (SSSR count). The Morgan fingerprint density at radius 2 is 2.50 bits per heavy atom. The van der Waals surface area contributed by atoms with E-state index in [4.69, 9.17) is 0 Å². The quantitative estimate of drug-likeness (QED) is 0.869. The number of aryl methyl sites for hydroxylation is 1. The first-order valence-electron chi connectivity index (χ1n) is 6.04. The Balaban J connectivity index is 1.79. The van der Waals surface area contributed by atoms with Crippen molar-refractivity contribution < 1.29 is 0 Å². The molecule has 0 spiro atoms. The van der Waals surface area contributed by atoms with E-state index in [9.17, 15) is 0 Å². The molecule has 16 heavy (non-hydrogen) atoms. The lowest BCUT2D eigenvalue weighted by Crippen LogP contribution is -2.36. The molecule has 1 saturated heterocycles. The third kappa shape index (κ3) is 3.27. The zero-order chi connectivity index (χ0) is 11.4. The van der Waals surface area contributed by atoms with Crippen molar-refractivity contribution in [3.05, 3.63) is 16.1 Å². The van der Waals surface area contributed by atoms with Gasteiger partial charge in [0, 0.05) is 18.0 Å². The van der Waals surface area contributed by atoms with Crippen molar-refractivity contribution in [1.82, 2.24) is 15.2 Å². The van der Waals surface area contributed by atoms with Crippen molar-refractivity contribution in [2.45, 2.75) is 26.3 Å². The standard InChI is InChI=1S/C12H21N3S/c1-10-12(16-9-14-10)8-15(2)7-11-4-3-5-13-6-11/h9,11,13H,3-8H2,1-2H3. The maximum absolute atomic E-state index is 4.30. The van der Waals surface area contributed by atoms with E-state index in [2.05, 4.69) is 29.2 Å². The van der Waals surface area contributed by atoms with Crippen LogP contribution in [0.25, 0.3) is 0 Å². The lowest BCUT2D eigenvalue weighted by molar-refractivity contribution is 0.238. The van der Waals surface area contributed by atoms with Crippen LogP contribution in [-0.4, -0.2) is 36.6 Å². The Hall–Kier alpha value is -0.450. The zero-order valence-corrected chi connectivity index (χ0v) is 11.0. The van der Waals surface area contributed by atoms with Crippen LogP contribution in [0.3, 0.4) is 0 Å². The van der Waals surface area contributed by atoms with Gasteiger partial charge in [-0.3, -0.25) is 0 Å². The molecular weight excluding hydrogens is 218 g/mol. The monoisotopic (exact) mass is 239 g/mol. The molecule has 1 aliphatic rings. The molecule has 1 fully saturated rings. The summed E-state index contributed by atoms with van der Waals surface area (Å²) >= 11 is 1.77. The largest absolute Gasteiger partial charge is 0.316 e. The Kier molecular flexibility index (Phi) is 4.32. The van der Waals surface area contributed by atoms with Gasteiger partial charge in [-0.1, -0.05) is 0 Å². The summed E-state index contributed by atoms with van der Waals surface area (Å²) in [5.74, 6) is 0.826. The van der Waals surface area contributed by atoms with Gasteiger partial charge in [-0.25, -0.2) is 4.98 Å². The molecule has 1 aliphatic heterocycles. The third-order valence-electron chi connectivity index (χ3n) is 3.23. The second-order valence-corrected chi connectivity index (χ2v) is 5.71. The minimum atomic E-state index is 0.826. The fourth-order valence-electron chi connectivity index (χ4n) is 2.31. The van der Waals surface area contributed by atoms with Gasteiger partial charge in [0.25, 0.3) is 0 Å². The van der Waals surface area contributed by atoms with E-state index in [0.717, 1.165) is 12.5 Å². The van der Waals surface area contributed by atoms with Gasteiger partial charge in [-0.15, -0.1) is 11.3 Å². The van der Waals surface area contributed by atoms with Gasteiger partial charge >= 0.3 is 0 Å². The summed E-state index contributed by atoms with van der Waals surface area (Å²) in [6.07, 6.45) is 2.71. The third-order valence-corrected chi connectivity index (χ3v) is 4.15. The number of piperidine rings is 1. The lowest BCUT2D eigenvalue weighted by atomic mass is 9.99. The fourth-order valence-corrected chi connectivity index (χ4v) is 3.16. The summed E-state index contributed by atoms with van der Waals surface area (Å²) in [7, 11) is 2.22. The van der Waals surface area contributed by atoms with Crippen LogP contribution in [-0.2, 0) is 6.54 Å². The molecule has 3 nitrogen and oxygen atoms in total. The second-order valence-electron chi connectivity index (χ2n) is 4.77. The van der Waals surface area contributed by atoms with Gasteiger partial charge in [0.2, 0.25) is 0 Å². The highest BCUT2D eigenvalue weighted by Gasteiger charge is 2.15. The highest BCUT2D eigenvalue weighted by molar-refractivity contribution is 7.09. The predicted octanol–water partition coefficient (Wildman–Crippen LogP) is 1.88. The fraction of sp³-hybridized carbons (Fsp3) is 0.750. The van der Waals surface area contributed by atoms with Crippen molar-refractivity contribution in [2.75, 3.05) is 26.7 Å². The number of nitrogens with one attached hydrogen (secondary N) is 1. The number of hydrogen-bond acceptors (Lipinski definition) is 4. The van der Waals surface area contributed by atoms with Crippen LogP contribution in [0.2, 0.25) is 0 Å². The van der Waals surface area contributed by atoms with Crippen molar-refractivity contribution >= 4 is 11.3 Å². The molecule has 0 amide bonds. The molecule has 90 valence electrons. The Bertz CT molecular complexity index is 318. The van der Waals surface area contributed by atoms with Gasteiger partial charge in [0.05, 0.1) is 11.2 Å². The minimum absolute atomic E-state index is 0.826. The van der Waals surface area contributed by atoms with Gasteiger partial charge in [0.1, 0.15) is 0 Å². The molecule has 0 saturated carbocycles. The Morgan fingerprint density at radius 3 is 3.12 bits per heavy atom. The molecular formula is C12H21N3S. The molecule has 0 aromatic carbocycles. The maximum Gasteiger partial charge on any atom is 0.0798 e. The first kappa shape index (κ1) is 12.0. The number of thiazole rings is 1. The van der Waals surface area contributed by atoms with Gasteiger partial charge in [-0.05, 0) is 45.8 Å². The van der Waals surface area contributed by atoms with Gasteiger partial charge in [0.15, 0.2) is 0 Å². The van der Waals surface area contributed by atoms with Gasteiger partial charge in [-0.2, -0.15) is 0 Å². The van der Waals surface area contributed by atoms with Crippen LogP contribution in [0.1, 0.15) is 23.4 Å².